The number of benzene rings is 1. The molecule has 21 heavy (non-hydrogen) atoms. The van der Waals surface area contributed by atoms with Gasteiger partial charge in [-0.1, -0.05) is 6.07 Å². The molecule has 0 spiro atoms. The van der Waals surface area contributed by atoms with E-state index in [4.69, 9.17) is 4.74 Å². The van der Waals surface area contributed by atoms with Crippen LogP contribution in [0, 0.1) is 5.82 Å². The number of hydrogen-bond acceptors (Lipinski definition) is 3. The number of nitrogens with one attached hydrogen (secondary N) is 1. The molecule has 1 rings (SSSR count). The van der Waals surface area contributed by atoms with E-state index in [9.17, 15) is 17.6 Å². The predicted octanol–water partition coefficient (Wildman–Crippen LogP) is 2.51. The molecule has 0 aliphatic heterocycles. The van der Waals surface area contributed by atoms with Crippen LogP contribution in [0.1, 0.15) is 11.1 Å². The Bertz CT molecular complexity index is 437. The van der Waals surface area contributed by atoms with Gasteiger partial charge in [-0.25, -0.2) is 4.39 Å². The summed E-state index contributed by atoms with van der Waals surface area (Å²) < 4.78 is 55.7. The van der Waals surface area contributed by atoms with Crippen molar-refractivity contribution in [3.05, 3.63) is 35.1 Å². The summed E-state index contributed by atoms with van der Waals surface area (Å²) in [6.07, 6.45) is -4.67. The van der Waals surface area contributed by atoms with Crippen LogP contribution in [0.25, 0.3) is 0 Å². The Morgan fingerprint density at radius 2 is 1.95 bits per heavy atom. The van der Waals surface area contributed by atoms with Crippen LogP contribution in [0.15, 0.2) is 18.2 Å². The SMILES string of the molecule is COCCN(C)CCNCc1ccc(F)c(C(F)(F)F)c1. The zero-order valence-corrected chi connectivity index (χ0v) is 12.1. The second-order valence-electron chi connectivity index (χ2n) is 4.78. The van der Waals surface area contributed by atoms with E-state index in [-0.39, 0.29) is 6.54 Å². The van der Waals surface area contributed by atoms with Crippen molar-refractivity contribution in [3.63, 3.8) is 0 Å². The summed E-state index contributed by atoms with van der Waals surface area (Å²) in [5.41, 5.74) is -0.817. The van der Waals surface area contributed by atoms with Gasteiger partial charge in [0.05, 0.1) is 12.2 Å². The van der Waals surface area contributed by atoms with Gasteiger partial charge in [-0.2, -0.15) is 13.2 Å². The molecule has 7 heteroatoms. The zero-order valence-electron chi connectivity index (χ0n) is 12.1. The van der Waals surface area contributed by atoms with E-state index in [1.54, 1.807) is 7.11 Å². The van der Waals surface area contributed by atoms with E-state index < -0.39 is 17.6 Å². The van der Waals surface area contributed by atoms with Crippen molar-refractivity contribution in [1.29, 1.82) is 0 Å². The lowest BCUT2D eigenvalue weighted by Gasteiger charge is -2.16. The maximum atomic E-state index is 13.1. The molecule has 120 valence electrons. The Kier molecular flexibility index (Phi) is 7.07. The number of alkyl halides is 3. The summed E-state index contributed by atoms with van der Waals surface area (Å²) in [6.45, 7) is 3.05. The van der Waals surface area contributed by atoms with Gasteiger partial charge in [0.2, 0.25) is 0 Å². The number of halogens is 4. The molecule has 0 amide bonds. The summed E-state index contributed by atoms with van der Waals surface area (Å²) in [4.78, 5) is 2.04. The third-order valence-electron chi connectivity index (χ3n) is 3.01. The van der Waals surface area contributed by atoms with Gasteiger partial charge >= 0.3 is 6.18 Å². The number of hydrogen-bond donors (Lipinski definition) is 1. The van der Waals surface area contributed by atoms with Crippen LogP contribution < -0.4 is 5.32 Å². The highest BCUT2D eigenvalue weighted by Gasteiger charge is 2.34. The van der Waals surface area contributed by atoms with Gasteiger partial charge in [0, 0.05) is 33.3 Å². The van der Waals surface area contributed by atoms with Crippen molar-refractivity contribution in [2.24, 2.45) is 0 Å². The summed E-state index contributed by atoms with van der Waals surface area (Å²) in [5.74, 6) is -1.24. The van der Waals surface area contributed by atoms with E-state index in [0.29, 0.717) is 18.7 Å². The standard InChI is InChI=1S/C14H20F4N2O/c1-20(7-8-21-2)6-5-19-10-11-3-4-13(15)12(9-11)14(16,17)18/h3-4,9,19H,5-8,10H2,1-2H3. The third-order valence-corrected chi connectivity index (χ3v) is 3.01. The molecule has 0 atom stereocenters. The average molecular weight is 308 g/mol. The Labute approximate surface area is 121 Å². The smallest absolute Gasteiger partial charge is 0.383 e. The van der Waals surface area contributed by atoms with Crippen LogP contribution in [0.5, 0.6) is 0 Å². The molecule has 0 radical (unpaired) electrons. The molecule has 0 unspecified atom stereocenters. The van der Waals surface area contributed by atoms with Crippen LogP contribution in [0.2, 0.25) is 0 Å². The van der Waals surface area contributed by atoms with E-state index >= 15 is 0 Å². The Hall–Kier alpha value is -1.18. The fourth-order valence-electron chi connectivity index (χ4n) is 1.76. The number of methoxy groups -OCH3 is 1. The Morgan fingerprint density at radius 3 is 2.57 bits per heavy atom. The van der Waals surface area contributed by atoms with Crippen molar-refractivity contribution in [2.75, 3.05) is 40.4 Å². The van der Waals surface area contributed by atoms with Crippen molar-refractivity contribution in [1.82, 2.24) is 10.2 Å². The highest BCUT2D eigenvalue weighted by atomic mass is 19.4. The maximum absolute atomic E-state index is 13.1. The van der Waals surface area contributed by atoms with Gasteiger partial charge in [-0.15, -0.1) is 0 Å². The first-order valence-electron chi connectivity index (χ1n) is 6.58. The minimum absolute atomic E-state index is 0.265. The van der Waals surface area contributed by atoms with Gasteiger partial charge in [0.1, 0.15) is 5.82 Å². The first kappa shape index (κ1) is 17.9. The third kappa shape index (κ3) is 6.41. The molecule has 0 heterocycles. The van der Waals surface area contributed by atoms with Gasteiger partial charge in [0.25, 0.3) is 0 Å². The molecule has 1 N–H and O–H groups in total. The Morgan fingerprint density at radius 1 is 1.24 bits per heavy atom. The molecule has 1 aromatic carbocycles. The fourth-order valence-corrected chi connectivity index (χ4v) is 1.76. The summed E-state index contributed by atoms with van der Waals surface area (Å²) in [5, 5.41) is 3.03. The van der Waals surface area contributed by atoms with Crippen LogP contribution >= 0.6 is 0 Å². The molecular weight excluding hydrogens is 288 g/mol. The van der Waals surface area contributed by atoms with Crippen molar-refractivity contribution < 1.29 is 22.3 Å². The lowest BCUT2D eigenvalue weighted by molar-refractivity contribution is -0.140. The average Bonchev–Trinajstić information content (AvgIpc) is 2.41. The molecule has 0 bridgehead atoms. The van der Waals surface area contributed by atoms with E-state index in [1.165, 1.54) is 6.07 Å². The van der Waals surface area contributed by atoms with Crippen LogP contribution in [-0.2, 0) is 17.5 Å². The zero-order chi connectivity index (χ0) is 15.9. The highest BCUT2D eigenvalue weighted by molar-refractivity contribution is 5.27. The first-order chi connectivity index (χ1) is 9.84. The quantitative estimate of drug-likeness (QED) is 0.590. The number of ether oxygens (including phenoxy) is 1. The summed E-state index contributed by atoms with van der Waals surface area (Å²) in [7, 11) is 3.55. The second kappa shape index (κ2) is 8.31. The number of likely N-dealkylation sites (N-methyl/N-ethyl adjacent to an activating group) is 1. The maximum Gasteiger partial charge on any atom is 0.419 e. The van der Waals surface area contributed by atoms with Gasteiger partial charge in [-0.05, 0) is 24.7 Å². The van der Waals surface area contributed by atoms with Crippen molar-refractivity contribution >= 4 is 0 Å². The predicted molar refractivity (Wildman–Crippen MR) is 72.5 cm³/mol. The first-order valence-corrected chi connectivity index (χ1v) is 6.58. The molecule has 3 nitrogen and oxygen atoms in total. The second-order valence-corrected chi connectivity index (χ2v) is 4.78. The Balaban J connectivity index is 2.43. The van der Waals surface area contributed by atoms with Crippen LogP contribution in [0.3, 0.4) is 0 Å². The molecule has 0 aliphatic carbocycles. The molecule has 0 fully saturated rings. The fraction of sp³-hybridized carbons (Fsp3) is 0.571. The normalized spacial score (nSPS) is 12.1. The monoisotopic (exact) mass is 308 g/mol. The van der Waals surface area contributed by atoms with E-state index in [0.717, 1.165) is 25.2 Å². The van der Waals surface area contributed by atoms with E-state index in [1.807, 2.05) is 11.9 Å². The van der Waals surface area contributed by atoms with Gasteiger partial charge in [0.15, 0.2) is 0 Å². The summed E-state index contributed by atoms with van der Waals surface area (Å²) >= 11 is 0. The lowest BCUT2D eigenvalue weighted by Crippen LogP contribution is -2.31. The largest absolute Gasteiger partial charge is 0.419 e. The molecule has 0 saturated heterocycles. The molecular formula is C14H20F4N2O. The minimum atomic E-state index is -4.67. The van der Waals surface area contributed by atoms with Crippen LogP contribution in [-0.4, -0.2) is 45.3 Å². The molecule has 1 aromatic rings. The van der Waals surface area contributed by atoms with E-state index in [2.05, 4.69) is 5.32 Å². The lowest BCUT2D eigenvalue weighted by atomic mass is 10.1. The number of rotatable bonds is 8. The highest BCUT2D eigenvalue weighted by Crippen LogP contribution is 2.31. The van der Waals surface area contributed by atoms with Crippen LogP contribution in [0.4, 0.5) is 17.6 Å². The summed E-state index contributed by atoms with van der Waals surface area (Å²) in [6, 6.07) is 3.05. The molecule has 0 aromatic heterocycles. The molecule has 0 aliphatic rings. The number of nitrogens with zero attached hydrogens (tertiary/aromatic N) is 1. The van der Waals surface area contributed by atoms with Crippen molar-refractivity contribution in [3.8, 4) is 0 Å². The molecule has 0 saturated carbocycles. The van der Waals surface area contributed by atoms with Gasteiger partial charge < -0.3 is 15.0 Å². The minimum Gasteiger partial charge on any atom is -0.383 e. The van der Waals surface area contributed by atoms with Gasteiger partial charge in [-0.3, -0.25) is 0 Å². The van der Waals surface area contributed by atoms with Crippen molar-refractivity contribution in [2.45, 2.75) is 12.7 Å². The topological polar surface area (TPSA) is 24.5 Å².